The molecule has 0 bridgehead atoms. The van der Waals surface area contributed by atoms with Crippen LogP contribution in [0.4, 0.5) is 0 Å². The van der Waals surface area contributed by atoms with Crippen molar-refractivity contribution in [2.75, 3.05) is 26.2 Å². The third kappa shape index (κ3) is 11.4. The van der Waals surface area contributed by atoms with Crippen LogP contribution >= 0.6 is 25.3 Å². The third-order valence-corrected chi connectivity index (χ3v) is 2.77. The predicted octanol–water partition coefficient (Wildman–Crippen LogP) is 2.70. The van der Waals surface area contributed by atoms with Gasteiger partial charge in [0, 0.05) is 35.2 Å². The largest absolute Gasteiger partial charge is 0.312 e. The molecule has 0 aromatic carbocycles. The highest BCUT2D eigenvalue weighted by atomic mass is 32.1. The Morgan fingerprint density at radius 3 is 2.00 bits per heavy atom. The number of nitrogens with one attached hydrogen (secondary N) is 1. The van der Waals surface area contributed by atoms with Crippen molar-refractivity contribution in [2.45, 2.75) is 57.1 Å². The minimum Gasteiger partial charge on any atom is -0.312 e. The minimum atomic E-state index is 0.0497. The van der Waals surface area contributed by atoms with Crippen LogP contribution in [-0.2, 0) is 0 Å². The molecule has 0 saturated heterocycles. The Labute approximate surface area is 119 Å². The second kappa shape index (κ2) is 7.27. The fraction of sp³-hybridized carbons (Fsp3) is 1.00. The first-order valence-corrected chi connectivity index (χ1v) is 7.33. The summed E-state index contributed by atoms with van der Waals surface area (Å²) in [6.45, 7) is 17.1. The van der Waals surface area contributed by atoms with Gasteiger partial charge in [-0.15, -0.1) is 0 Å². The average Bonchev–Trinajstić information content (AvgIpc) is 2.10. The Morgan fingerprint density at radius 1 is 1.12 bits per heavy atom. The van der Waals surface area contributed by atoms with Crippen molar-refractivity contribution in [1.29, 1.82) is 0 Å². The second-order valence-electron chi connectivity index (χ2n) is 6.23. The highest BCUT2D eigenvalue weighted by Crippen LogP contribution is 2.14. The first-order chi connectivity index (χ1) is 7.53. The molecule has 4 heteroatoms. The summed E-state index contributed by atoms with van der Waals surface area (Å²) >= 11 is 9.12. The van der Waals surface area contributed by atoms with Gasteiger partial charge in [-0.1, -0.05) is 6.92 Å². The first kappa shape index (κ1) is 17.6. The van der Waals surface area contributed by atoms with Gasteiger partial charge in [-0.25, -0.2) is 0 Å². The third-order valence-electron chi connectivity index (χ3n) is 2.47. The molecule has 0 aliphatic heterocycles. The number of hydrogen-bond donors (Lipinski definition) is 3. The summed E-state index contributed by atoms with van der Waals surface area (Å²) in [7, 11) is 0. The van der Waals surface area contributed by atoms with E-state index >= 15 is 0 Å². The molecule has 0 heterocycles. The molecule has 0 aromatic rings. The molecular weight excluding hydrogens is 248 g/mol. The molecule has 104 valence electrons. The van der Waals surface area contributed by atoms with Gasteiger partial charge in [-0.2, -0.15) is 25.3 Å². The molecule has 0 saturated carbocycles. The topological polar surface area (TPSA) is 15.3 Å². The Kier molecular flexibility index (Phi) is 7.53. The highest BCUT2D eigenvalue weighted by molar-refractivity contribution is 7.82. The number of nitrogens with zero attached hydrogens (tertiary/aromatic N) is 1. The lowest BCUT2D eigenvalue weighted by Crippen LogP contribution is -2.45. The standard InChI is InChI=1S/C13H30N2S2/c1-7-15(10-13(5,6)17)8-11(2)14-9-12(3,4)16/h11,14,16-17H,7-10H2,1-6H3. The Morgan fingerprint density at radius 2 is 1.65 bits per heavy atom. The van der Waals surface area contributed by atoms with E-state index < -0.39 is 0 Å². The predicted molar refractivity (Wildman–Crippen MR) is 85.7 cm³/mol. The molecule has 0 rings (SSSR count). The Balaban J connectivity index is 4.03. The van der Waals surface area contributed by atoms with Crippen molar-refractivity contribution in [2.24, 2.45) is 0 Å². The van der Waals surface area contributed by atoms with Crippen molar-refractivity contribution in [3.05, 3.63) is 0 Å². The average molecular weight is 279 g/mol. The van der Waals surface area contributed by atoms with E-state index in [0.717, 1.165) is 26.2 Å². The molecule has 1 unspecified atom stereocenters. The van der Waals surface area contributed by atoms with Gasteiger partial charge in [0.25, 0.3) is 0 Å². The second-order valence-corrected chi connectivity index (χ2v) is 8.66. The normalized spacial score (nSPS) is 15.4. The van der Waals surface area contributed by atoms with Gasteiger partial charge in [0.2, 0.25) is 0 Å². The van der Waals surface area contributed by atoms with Crippen LogP contribution in [0.3, 0.4) is 0 Å². The molecule has 0 aliphatic rings. The first-order valence-electron chi connectivity index (χ1n) is 6.44. The summed E-state index contributed by atoms with van der Waals surface area (Å²) < 4.78 is 0.118. The van der Waals surface area contributed by atoms with Crippen LogP contribution in [-0.4, -0.2) is 46.6 Å². The molecule has 2 nitrogen and oxygen atoms in total. The summed E-state index contributed by atoms with van der Waals surface area (Å²) in [5.74, 6) is 0. The van der Waals surface area contributed by atoms with Crippen LogP contribution < -0.4 is 5.32 Å². The Bertz CT molecular complexity index is 206. The highest BCUT2D eigenvalue weighted by Gasteiger charge is 2.19. The molecule has 17 heavy (non-hydrogen) atoms. The van der Waals surface area contributed by atoms with Gasteiger partial charge in [0.05, 0.1) is 0 Å². The number of likely N-dealkylation sites (N-methyl/N-ethyl adjacent to an activating group) is 1. The maximum atomic E-state index is 4.59. The molecule has 0 aliphatic carbocycles. The van der Waals surface area contributed by atoms with Crippen molar-refractivity contribution in [3.63, 3.8) is 0 Å². The lowest BCUT2D eigenvalue weighted by atomic mass is 10.1. The number of rotatable bonds is 8. The molecule has 0 fully saturated rings. The van der Waals surface area contributed by atoms with E-state index in [-0.39, 0.29) is 9.49 Å². The van der Waals surface area contributed by atoms with Gasteiger partial charge in [-0.05, 0) is 41.2 Å². The molecule has 0 aromatic heterocycles. The lowest BCUT2D eigenvalue weighted by molar-refractivity contribution is 0.242. The van der Waals surface area contributed by atoms with E-state index in [9.17, 15) is 0 Å². The zero-order chi connectivity index (χ0) is 13.7. The van der Waals surface area contributed by atoms with Gasteiger partial charge in [-0.3, -0.25) is 0 Å². The van der Waals surface area contributed by atoms with Crippen molar-refractivity contribution >= 4 is 25.3 Å². The Hall–Kier alpha value is 0.620. The SMILES string of the molecule is CCN(CC(C)NCC(C)(C)S)CC(C)(C)S. The van der Waals surface area contributed by atoms with Crippen molar-refractivity contribution < 1.29 is 0 Å². The molecule has 0 radical (unpaired) electrons. The molecular formula is C13H30N2S2. The van der Waals surface area contributed by atoms with E-state index in [4.69, 9.17) is 0 Å². The number of thiol groups is 2. The fourth-order valence-corrected chi connectivity index (χ4v) is 2.02. The fourth-order valence-electron chi connectivity index (χ4n) is 1.73. The summed E-state index contributed by atoms with van der Waals surface area (Å²) in [5, 5.41) is 3.53. The van der Waals surface area contributed by atoms with E-state index in [0.29, 0.717) is 6.04 Å². The van der Waals surface area contributed by atoms with Crippen LogP contribution in [0.2, 0.25) is 0 Å². The zero-order valence-electron chi connectivity index (χ0n) is 12.2. The smallest absolute Gasteiger partial charge is 0.0200 e. The maximum Gasteiger partial charge on any atom is 0.0200 e. The monoisotopic (exact) mass is 278 g/mol. The van der Waals surface area contributed by atoms with Crippen LogP contribution in [0.15, 0.2) is 0 Å². The minimum absolute atomic E-state index is 0.0497. The van der Waals surface area contributed by atoms with Crippen LogP contribution in [0.25, 0.3) is 0 Å². The van der Waals surface area contributed by atoms with Gasteiger partial charge in [0.1, 0.15) is 0 Å². The molecule has 0 amide bonds. The van der Waals surface area contributed by atoms with E-state index in [2.05, 4.69) is 77.0 Å². The van der Waals surface area contributed by atoms with Crippen LogP contribution in [0, 0.1) is 0 Å². The molecule has 0 spiro atoms. The van der Waals surface area contributed by atoms with E-state index in [1.807, 2.05) is 0 Å². The summed E-state index contributed by atoms with van der Waals surface area (Å²) in [4.78, 5) is 2.44. The summed E-state index contributed by atoms with van der Waals surface area (Å²) in [5.41, 5.74) is 0. The quantitative estimate of drug-likeness (QED) is 0.592. The zero-order valence-corrected chi connectivity index (χ0v) is 14.0. The van der Waals surface area contributed by atoms with Crippen molar-refractivity contribution in [3.8, 4) is 0 Å². The molecule has 1 N–H and O–H groups in total. The van der Waals surface area contributed by atoms with Crippen LogP contribution in [0.1, 0.15) is 41.5 Å². The summed E-state index contributed by atoms with van der Waals surface area (Å²) in [6.07, 6.45) is 0. The van der Waals surface area contributed by atoms with Gasteiger partial charge < -0.3 is 10.2 Å². The van der Waals surface area contributed by atoms with Crippen LogP contribution in [0.5, 0.6) is 0 Å². The summed E-state index contributed by atoms with van der Waals surface area (Å²) in [6, 6.07) is 0.483. The van der Waals surface area contributed by atoms with Gasteiger partial charge >= 0.3 is 0 Å². The van der Waals surface area contributed by atoms with Gasteiger partial charge in [0.15, 0.2) is 0 Å². The van der Waals surface area contributed by atoms with E-state index in [1.54, 1.807) is 0 Å². The van der Waals surface area contributed by atoms with E-state index in [1.165, 1.54) is 0 Å². The van der Waals surface area contributed by atoms with Crippen molar-refractivity contribution in [1.82, 2.24) is 10.2 Å². The molecule has 1 atom stereocenters. The number of hydrogen-bond acceptors (Lipinski definition) is 4. The maximum absolute atomic E-state index is 4.59. The lowest BCUT2D eigenvalue weighted by Gasteiger charge is -2.31.